The fourth-order valence-corrected chi connectivity index (χ4v) is 4.00. The number of nitrogens with one attached hydrogen (secondary N) is 1. The lowest BCUT2D eigenvalue weighted by molar-refractivity contribution is 0.0937. The molecule has 1 aromatic carbocycles. The molecule has 142 valence electrons. The van der Waals surface area contributed by atoms with Crippen LogP contribution in [0.5, 0.6) is 0 Å². The molecule has 1 fully saturated rings. The Labute approximate surface area is 172 Å². The van der Waals surface area contributed by atoms with Crippen molar-refractivity contribution >= 4 is 33.2 Å². The number of benzene rings is 1. The monoisotopic (exact) mass is 460 g/mol. The van der Waals surface area contributed by atoms with E-state index in [4.69, 9.17) is 5.26 Å². The second-order valence-corrected chi connectivity index (χ2v) is 8.46. The first-order chi connectivity index (χ1) is 13.4. The van der Waals surface area contributed by atoms with Crippen molar-refractivity contribution in [3.63, 3.8) is 0 Å². The van der Waals surface area contributed by atoms with E-state index in [-0.39, 0.29) is 5.91 Å². The minimum atomic E-state index is -1.33. The maximum absolute atomic E-state index is 14.4. The number of hydrogen-bond donors (Lipinski definition) is 1. The van der Waals surface area contributed by atoms with Crippen LogP contribution in [0.1, 0.15) is 52.4 Å². The standard InChI is InChI=1S/C18H14BrFN6OS/c1-10(15-23-9-24-26(15)17-22-8-14(7-21)28-17)25-16(27)11-4-12(6-13(19)5-11)18(20)2-3-18/h4-6,8-10H,2-3H2,1H3,(H,25,27)/t10-/m0/s1. The van der Waals surface area contributed by atoms with Crippen LogP contribution in [-0.4, -0.2) is 25.7 Å². The Balaban J connectivity index is 1.56. The highest BCUT2D eigenvalue weighted by atomic mass is 79.9. The third-order valence-electron chi connectivity index (χ3n) is 4.46. The Morgan fingerprint density at radius 1 is 1.43 bits per heavy atom. The number of nitrogens with zero attached hydrogens (tertiary/aromatic N) is 5. The molecular weight excluding hydrogens is 447 g/mol. The smallest absolute Gasteiger partial charge is 0.251 e. The van der Waals surface area contributed by atoms with E-state index in [0.717, 1.165) is 0 Å². The maximum Gasteiger partial charge on any atom is 0.251 e. The Kier molecular flexibility index (Phi) is 4.72. The molecule has 0 radical (unpaired) electrons. The Morgan fingerprint density at radius 2 is 2.21 bits per heavy atom. The van der Waals surface area contributed by atoms with Crippen molar-refractivity contribution in [2.75, 3.05) is 0 Å². The van der Waals surface area contributed by atoms with Gasteiger partial charge < -0.3 is 5.32 Å². The summed E-state index contributed by atoms with van der Waals surface area (Å²) in [7, 11) is 0. The van der Waals surface area contributed by atoms with Crippen LogP contribution in [-0.2, 0) is 5.67 Å². The van der Waals surface area contributed by atoms with Gasteiger partial charge in [0.1, 0.15) is 22.9 Å². The van der Waals surface area contributed by atoms with Crippen molar-refractivity contribution in [1.29, 1.82) is 5.26 Å². The van der Waals surface area contributed by atoms with Gasteiger partial charge in [-0.05, 0) is 43.5 Å². The molecule has 1 saturated carbocycles. The molecule has 3 aromatic rings. The van der Waals surface area contributed by atoms with Crippen molar-refractivity contribution in [2.24, 2.45) is 0 Å². The van der Waals surface area contributed by atoms with Crippen molar-refractivity contribution in [3.05, 3.63) is 57.0 Å². The average molecular weight is 461 g/mol. The first-order valence-corrected chi connectivity index (χ1v) is 10.1. The molecule has 2 aromatic heterocycles. The molecule has 1 amide bonds. The number of carbonyl (C=O) groups excluding carboxylic acids is 1. The number of amides is 1. The zero-order valence-electron chi connectivity index (χ0n) is 14.7. The summed E-state index contributed by atoms with van der Waals surface area (Å²) >= 11 is 4.53. The zero-order valence-corrected chi connectivity index (χ0v) is 17.1. The normalized spacial score (nSPS) is 15.6. The van der Waals surface area contributed by atoms with Gasteiger partial charge in [-0.15, -0.1) is 0 Å². The molecule has 10 heteroatoms. The third kappa shape index (κ3) is 3.55. The molecule has 2 heterocycles. The molecule has 0 unspecified atom stereocenters. The van der Waals surface area contributed by atoms with Gasteiger partial charge in [-0.3, -0.25) is 4.79 Å². The Hall–Kier alpha value is -2.64. The molecular formula is C18H14BrFN6OS. The van der Waals surface area contributed by atoms with Gasteiger partial charge in [0.15, 0.2) is 5.82 Å². The number of carbonyl (C=O) groups is 1. The highest BCUT2D eigenvalue weighted by Crippen LogP contribution is 2.50. The summed E-state index contributed by atoms with van der Waals surface area (Å²) in [6, 6.07) is 6.50. The minimum Gasteiger partial charge on any atom is -0.342 e. The summed E-state index contributed by atoms with van der Waals surface area (Å²) in [5, 5.41) is 16.5. The summed E-state index contributed by atoms with van der Waals surface area (Å²) in [4.78, 5) is 21.6. The predicted molar refractivity (Wildman–Crippen MR) is 104 cm³/mol. The second-order valence-electron chi connectivity index (χ2n) is 6.54. The first-order valence-electron chi connectivity index (χ1n) is 8.47. The molecule has 28 heavy (non-hydrogen) atoms. The molecule has 1 atom stereocenters. The number of halogens is 2. The van der Waals surface area contributed by atoms with Gasteiger partial charge in [0, 0.05) is 10.0 Å². The fraction of sp³-hybridized carbons (Fsp3) is 0.278. The molecule has 4 rings (SSSR count). The third-order valence-corrected chi connectivity index (χ3v) is 5.80. The van der Waals surface area contributed by atoms with Crippen molar-refractivity contribution in [3.8, 4) is 11.2 Å². The van der Waals surface area contributed by atoms with Crippen LogP contribution in [0.3, 0.4) is 0 Å². The maximum atomic E-state index is 14.4. The Morgan fingerprint density at radius 3 is 2.89 bits per heavy atom. The quantitative estimate of drug-likeness (QED) is 0.624. The molecule has 0 spiro atoms. The highest BCUT2D eigenvalue weighted by Gasteiger charge is 2.45. The van der Waals surface area contributed by atoms with E-state index < -0.39 is 11.7 Å². The Bertz CT molecular complexity index is 1100. The van der Waals surface area contributed by atoms with Gasteiger partial charge in [-0.1, -0.05) is 27.3 Å². The molecule has 0 bridgehead atoms. The molecule has 1 N–H and O–H groups in total. The van der Waals surface area contributed by atoms with Crippen LogP contribution in [0, 0.1) is 11.3 Å². The van der Waals surface area contributed by atoms with Crippen LogP contribution in [0.2, 0.25) is 0 Å². The van der Waals surface area contributed by atoms with Crippen LogP contribution in [0.4, 0.5) is 4.39 Å². The number of alkyl halides is 1. The lowest BCUT2D eigenvalue weighted by Crippen LogP contribution is -2.29. The van der Waals surface area contributed by atoms with Gasteiger partial charge in [0.2, 0.25) is 5.13 Å². The highest BCUT2D eigenvalue weighted by molar-refractivity contribution is 9.10. The zero-order chi connectivity index (χ0) is 19.9. The minimum absolute atomic E-state index is 0.342. The first kappa shape index (κ1) is 18.7. The summed E-state index contributed by atoms with van der Waals surface area (Å²) < 4.78 is 16.6. The van der Waals surface area contributed by atoms with E-state index in [0.29, 0.717) is 44.3 Å². The van der Waals surface area contributed by atoms with E-state index in [9.17, 15) is 9.18 Å². The largest absolute Gasteiger partial charge is 0.342 e. The predicted octanol–water partition coefficient (Wildman–Crippen LogP) is 3.81. The lowest BCUT2D eigenvalue weighted by Gasteiger charge is -2.15. The van der Waals surface area contributed by atoms with E-state index >= 15 is 0 Å². The van der Waals surface area contributed by atoms with Crippen LogP contribution in [0.15, 0.2) is 35.2 Å². The molecule has 0 aliphatic heterocycles. The van der Waals surface area contributed by atoms with Crippen LogP contribution >= 0.6 is 27.3 Å². The SMILES string of the molecule is C[C@H](NC(=O)c1cc(Br)cc(C2(F)CC2)c1)c1ncnn1-c1ncc(C#N)s1. The number of thiazole rings is 1. The van der Waals surface area contributed by atoms with Gasteiger partial charge in [-0.25, -0.2) is 14.4 Å². The van der Waals surface area contributed by atoms with E-state index in [1.807, 2.05) is 6.07 Å². The van der Waals surface area contributed by atoms with Crippen molar-refractivity contribution in [1.82, 2.24) is 25.1 Å². The topological polar surface area (TPSA) is 96.5 Å². The van der Waals surface area contributed by atoms with Crippen molar-refractivity contribution < 1.29 is 9.18 Å². The fourth-order valence-electron chi connectivity index (χ4n) is 2.83. The van der Waals surface area contributed by atoms with E-state index in [1.165, 1.54) is 28.5 Å². The van der Waals surface area contributed by atoms with E-state index in [2.05, 4.69) is 36.3 Å². The van der Waals surface area contributed by atoms with Crippen LogP contribution < -0.4 is 5.32 Å². The summed E-state index contributed by atoms with van der Waals surface area (Å²) in [5.74, 6) is 0.136. The number of rotatable bonds is 5. The number of nitriles is 1. The van der Waals surface area contributed by atoms with Gasteiger partial charge >= 0.3 is 0 Å². The van der Waals surface area contributed by atoms with Crippen LogP contribution in [0.25, 0.3) is 5.13 Å². The second kappa shape index (κ2) is 7.07. The molecule has 7 nitrogen and oxygen atoms in total. The molecule has 1 aliphatic rings. The van der Waals surface area contributed by atoms with Crippen molar-refractivity contribution in [2.45, 2.75) is 31.5 Å². The van der Waals surface area contributed by atoms with Gasteiger partial charge in [-0.2, -0.15) is 15.0 Å². The average Bonchev–Trinajstić information content (AvgIpc) is 3.10. The number of hydrogen-bond acceptors (Lipinski definition) is 6. The van der Waals surface area contributed by atoms with E-state index in [1.54, 1.807) is 25.1 Å². The lowest BCUT2D eigenvalue weighted by atomic mass is 10.0. The summed E-state index contributed by atoms with van der Waals surface area (Å²) in [6.07, 6.45) is 3.77. The molecule has 0 saturated heterocycles. The number of aromatic nitrogens is 4. The summed E-state index contributed by atoms with van der Waals surface area (Å²) in [5.41, 5.74) is -0.449. The molecule has 1 aliphatic carbocycles. The van der Waals surface area contributed by atoms with Gasteiger partial charge in [0.05, 0.1) is 12.2 Å². The summed E-state index contributed by atoms with van der Waals surface area (Å²) in [6.45, 7) is 1.77. The van der Waals surface area contributed by atoms with Gasteiger partial charge in [0.25, 0.3) is 5.91 Å².